The van der Waals surface area contributed by atoms with Crippen molar-refractivity contribution in [2.45, 2.75) is 39.2 Å². The average molecular weight is 157 g/mol. The number of hydrogen-bond donors (Lipinski definition) is 1. The van der Waals surface area contributed by atoms with Gasteiger partial charge in [0.25, 0.3) is 0 Å². The van der Waals surface area contributed by atoms with Gasteiger partial charge in [-0.15, -0.1) is 0 Å². The molecule has 0 aliphatic rings. The third-order valence-electron chi connectivity index (χ3n) is 1.47. The molecule has 0 aliphatic carbocycles. The van der Waals surface area contributed by atoms with Crippen molar-refractivity contribution in [3.8, 4) is 0 Å². The molecule has 0 aromatic rings. The van der Waals surface area contributed by atoms with Crippen molar-refractivity contribution in [2.75, 3.05) is 6.54 Å². The maximum Gasteiger partial charge on any atom is 0.0994 e. The lowest BCUT2D eigenvalue weighted by molar-refractivity contribution is 0.104. The number of nitrogens with two attached hydrogens (primary N) is 1. The van der Waals surface area contributed by atoms with Crippen LogP contribution >= 0.6 is 0 Å². The second-order valence-electron chi connectivity index (χ2n) is 2.81. The highest BCUT2D eigenvalue weighted by atomic mass is 16.5. The Bertz CT molecular complexity index is 106. The Labute approximate surface area is 69.4 Å². The average Bonchev–Trinajstić information content (AvgIpc) is 1.87. The summed E-state index contributed by atoms with van der Waals surface area (Å²) in [4.78, 5) is 0. The molecule has 66 valence electrons. The van der Waals surface area contributed by atoms with E-state index in [0.717, 1.165) is 25.0 Å². The van der Waals surface area contributed by atoms with Gasteiger partial charge in [0, 0.05) is 0 Å². The van der Waals surface area contributed by atoms with Crippen LogP contribution in [0.2, 0.25) is 0 Å². The summed E-state index contributed by atoms with van der Waals surface area (Å²) < 4.78 is 5.46. The minimum atomic E-state index is 0.280. The van der Waals surface area contributed by atoms with Gasteiger partial charge in [-0.1, -0.05) is 19.9 Å². The Morgan fingerprint density at radius 3 is 2.55 bits per heavy atom. The number of allylic oxidation sites excluding steroid dienone is 1. The molecule has 0 amide bonds. The molecule has 0 saturated carbocycles. The molecule has 0 fully saturated rings. The molecule has 2 nitrogen and oxygen atoms in total. The van der Waals surface area contributed by atoms with Gasteiger partial charge in [0.1, 0.15) is 0 Å². The Kier molecular flexibility index (Phi) is 5.94. The molecule has 2 heteroatoms. The molecule has 0 saturated heterocycles. The molecular weight excluding hydrogens is 138 g/mol. The summed E-state index contributed by atoms with van der Waals surface area (Å²) in [5, 5.41) is 0. The fourth-order valence-electron chi connectivity index (χ4n) is 1.05. The van der Waals surface area contributed by atoms with Gasteiger partial charge in [-0.25, -0.2) is 0 Å². The van der Waals surface area contributed by atoms with Gasteiger partial charge in [0.05, 0.1) is 11.9 Å². The lowest BCUT2D eigenvalue weighted by Gasteiger charge is -2.17. The zero-order chi connectivity index (χ0) is 8.69. The second-order valence-corrected chi connectivity index (χ2v) is 2.81. The van der Waals surface area contributed by atoms with Gasteiger partial charge < -0.3 is 10.5 Å². The highest BCUT2D eigenvalue weighted by molar-refractivity contribution is 4.77. The topological polar surface area (TPSA) is 35.2 Å². The predicted molar refractivity (Wildman–Crippen MR) is 48.3 cm³/mol. The molecule has 0 aromatic carbocycles. The minimum Gasteiger partial charge on any atom is -0.496 e. The predicted octanol–water partition coefficient (Wildman–Crippen LogP) is 2.05. The molecule has 1 atom stereocenters. The van der Waals surface area contributed by atoms with E-state index >= 15 is 0 Å². The zero-order valence-corrected chi connectivity index (χ0v) is 7.60. The second kappa shape index (κ2) is 6.23. The molecule has 1 unspecified atom stereocenters. The lowest BCUT2D eigenvalue weighted by atomic mass is 10.1. The number of hydrogen-bond acceptors (Lipinski definition) is 2. The van der Waals surface area contributed by atoms with Crippen molar-refractivity contribution in [2.24, 2.45) is 5.73 Å². The SMILES string of the molecule is C=C(C)OC(CCC)CCN. The maximum atomic E-state index is 5.46. The summed E-state index contributed by atoms with van der Waals surface area (Å²) in [5.41, 5.74) is 5.43. The summed E-state index contributed by atoms with van der Waals surface area (Å²) >= 11 is 0. The van der Waals surface area contributed by atoms with Crippen LogP contribution in [0.15, 0.2) is 12.3 Å². The molecule has 0 radical (unpaired) electrons. The molecular formula is C9H19NO. The van der Waals surface area contributed by atoms with Crippen LogP contribution in [0.4, 0.5) is 0 Å². The minimum absolute atomic E-state index is 0.280. The molecule has 2 N–H and O–H groups in total. The quantitative estimate of drug-likeness (QED) is 0.599. The maximum absolute atomic E-state index is 5.46. The van der Waals surface area contributed by atoms with Crippen LogP contribution in [0.3, 0.4) is 0 Å². The van der Waals surface area contributed by atoms with E-state index in [1.54, 1.807) is 0 Å². The Morgan fingerprint density at radius 1 is 1.55 bits per heavy atom. The van der Waals surface area contributed by atoms with Gasteiger partial charge in [0.2, 0.25) is 0 Å². The summed E-state index contributed by atoms with van der Waals surface area (Å²) in [6.45, 7) is 8.41. The number of rotatable bonds is 6. The van der Waals surface area contributed by atoms with Gasteiger partial charge in [-0.3, -0.25) is 0 Å². The fraction of sp³-hybridized carbons (Fsp3) is 0.778. The first-order valence-corrected chi connectivity index (χ1v) is 4.23. The zero-order valence-electron chi connectivity index (χ0n) is 7.60. The van der Waals surface area contributed by atoms with Crippen LogP contribution in [0.5, 0.6) is 0 Å². The van der Waals surface area contributed by atoms with Crippen molar-refractivity contribution < 1.29 is 4.74 Å². The molecule has 0 aliphatic heterocycles. The van der Waals surface area contributed by atoms with Crippen molar-refractivity contribution in [1.29, 1.82) is 0 Å². The van der Waals surface area contributed by atoms with Crippen LogP contribution in [0.25, 0.3) is 0 Å². The Balaban J connectivity index is 3.59. The van der Waals surface area contributed by atoms with E-state index in [4.69, 9.17) is 10.5 Å². The van der Waals surface area contributed by atoms with Crippen molar-refractivity contribution in [3.05, 3.63) is 12.3 Å². The highest BCUT2D eigenvalue weighted by Crippen LogP contribution is 2.09. The van der Waals surface area contributed by atoms with Gasteiger partial charge >= 0.3 is 0 Å². The van der Waals surface area contributed by atoms with Crippen LogP contribution in [-0.4, -0.2) is 12.6 Å². The van der Waals surface area contributed by atoms with E-state index < -0.39 is 0 Å². The Morgan fingerprint density at radius 2 is 2.18 bits per heavy atom. The molecule has 0 heterocycles. The highest BCUT2D eigenvalue weighted by Gasteiger charge is 2.06. The first-order valence-electron chi connectivity index (χ1n) is 4.23. The first kappa shape index (κ1) is 10.5. The molecule has 11 heavy (non-hydrogen) atoms. The van der Waals surface area contributed by atoms with Crippen molar-refractivity contribution >= 4 is 0 Å². The van der Waals surface area contributed by atoms with E-state index in [0.29, 0.717) is 6.54 Å². The van der Waals surface area contributed by atoms with Crippen LogP contribution in [0, 0.1) is 0 Å². The summed E-state index contributed by atoms with van der Waals surface area (Å²) in [6, 6.07) is 0. The standard InChI is InChI=1S/C9H19NO/c1-4-5-9(6-7-10)11-8(2)3/h9H,2,4-7,10H2,1,3H3. The monoisotopic (exact) mass is 157 g/mol. The van der Waals surface area contributed by atoms with Gasteiger partial charge in [-0.05, 0) is 26.3 Å². The lowest BCUT2D eigenvalue weighted by Crippen LogP contribution is -2.16. The molecule has 0 spiro atoms. The Hall–Kier alpha value is -0.500. The third kappa shape index (κ3) is 5.92. The van der Waals surface area contributed by atoms with Crippen LogP contribution in [0.1, 0.15) is 33.1 Å². The third-order valence-corrected chi connectivity index (χ3v) is 1.47. The van der Waals surface area contributed by atoms with E-state index in [9.17, 15) is 0 Å². The molecule has 0 rings (SSSR count). The molecule has 0 bridgehead atoms. The van der Waals surface area contributed by atoms with Crippen molar-refractivity contribution in [3.63, 3.8) is 0 Å². The normalized spacial score (nSPS) is 12.6. The van der Waals surface area contributed by atoms with Gasteiger partial charge in [-0.2, -0.15) is 0 Å². The van der Waals surface area contributed by atoms with Crippen LogP contribution in [-0.2, 0) is 4.74 Å². The fourth-order valence-corrected chi connectivity index (χ4v) is 1.05. The summed E-state index contributed by atoms with van der Waals surface area (Å²) in [5.74, 6) is 0.789. The van der Waals surface area contributed by atoms with E-state index in [1.807, 2.05) is 6.92 Å². The van der Waals surface area contributed by atoms with Gasteiger partial charge in [0.15, 0.2) is 0 Å². The van der Waals surface area contributed by atoms with Crippen LogP contribution < -0.4 is 5.73 Å². The summed E-state index contributed by atoms with van der Waals surface area (Å²) in [6.07, 6.45) is 3.42. The largest absolute Gasteiger partial charge is 0.496 e. The first-order chi connectivity index (χ1) is 5.20. The van der Waals surface area contributed by atoms with E-state index in [1.165, 1.54) is 0 Å². The van der Waals surface area contributed by atoms with E-state index in [2.05, 4.69) is 13.5 Å². The molecule has 0 aromatic heterocycles. The smallest absolute Gasteiger partial charge is 0.0994 e. The number of ether oxygens (including phenoxy) is 1. The van der Waals surface area contributed by atoms with Crippen molar-refractivity contribution in [1.82, 2.24) is 0 Å². The van der Waals surface area contributed by atoms with E-state index in [-0.39, 0.29) is 6.10 Å². The summed E-state index contributed by atoms with van der Waals surface area (Å²) in [7, 11) is 0.